The normalized spacial score (nSPS) is 20.7. The van der Waals surface area contributed by atoms with Crippen molar-refractivity contribution in [1.82, 2.24) is 0 Å². The molecule has 0 spiro atoms. The molecule has 0 amide bonds. The third-order valence-corrected chi connectivity index (χ3v) is 5.56. The molecule has 2 aliphatic heterocycles. The molecular weight excluding hydrogens is 381 g/mol. The topological polar surface area (TPSA) is 27.7 Å². The van der Waals surface area contributed by atoms with E-state index >= 15 is 0 Å². The van der Waals surface area contributed by atoms with Gasteiger partial charge in [0.25, 0.3) is 0 Å². The van der Waals surface area contributed by atoms with Crippen molar-refractivity contribution in [2.45, 2.75) is 58.2 Å². The van der Waals surface area contributed by atoms with Gasteiger partial charge in [-0.15, -0.1) is 0 Å². The molecule has 1 saturated heterocycles. The summed E-state index contributed by atoms with van der Waals surface area (Å²) in [6.07, 6.45) is 3.02. The van der Waals surface area contributed by atoms with Crippen molar-refractivity contribution >= 4 is 0 Å². The van der Waals surface area contributed by atoms with Gasteiger partial charge in [0.1, 0.15) is 0 Å². The van der Waals surface area contributed by atoms with E-state index in [-0.39, 0.29) is 43.0 Å². The highest BCUT2D eigenvalue weighted by atomic mass is 19.2. The zero-order chi connectivity index (χ0) is 20.5. The molecule has 2 aliphatic rings. The lowest BCUT2D eigenvalue weighted by Gasteiger charge is -2.31. The lowest BCUT2D eigenvalue weighted by atomic mass is 9.91. The minimum Gasteiger partial charge on any atom is -0.450 e. The smallest absolute Gasteiger partial charge is 0.201 e. The summed E-state index contributed by atoms with van der Waals surface area (Å²) in [5.41, 5.74) is 1.87. The molecule has 0 N–H and O–H groups in total. The summed E-state index contributed by atoms with van der Waals surface area (Å²) < 4.78 is 61.3. The fourth-order valence-electron chi connectivity index (χ4n) is 4.00. The highest BCUT2D eigenvalue weighted by Crippen LogP contribution is 2.43. The van der Waals surface area contributed by atoms with E-state index < -0.39 is 23.4 Å². The van der Waals surface area contributed by atoms with Gasteiger partial charge in [-0.2, -0.15) is 4.39 Å². The molecule has 3 nitrogen and oxygen atoms in total. The van der Waals surface area contributed by atoms with Gasteiger partial charge in [-0.25, -0.2) is 8.78 Å². The van der Waals surface area contributed by atoms with Crippen molar-refractivity contribution in [2.75, 3.05) is 13.2 Å². The van der Waals surface area contributed by atoms with Crippen LogP contribution in [0.5, 0.6) is 11.5 Å². The second-order valence-electron chi connectivity index (χ2n) is 7.72. The molecule has 0 bridgehead atoms. The van der Waals surface area contributed by atoms with Crippen LogP contribution in [0.4, 0.5) is 13.2 Å². The van der Waals surface area contributed by atoms with E-state index in [1.54, 1.807) is 18.2 Å². The van der Waals surface area contributed by atoms with Crippen molar-refractivity contribution in [2.24, 2.45) is 0 Å². The Morgan fingerprint density at radius 1 is 0.897 bits per heavy atom. The number of rotatable bonds is 5. The molecule has 4 rings (SSSR count). The van der Waals surface area contributed by atoms with E-state index in [9.17, 15) is 13.2 Å². The summed E-state index contributed by atoms with van der Waals surface area (Å²) in [7, 11) is 0. The Labute approximate surface area is 168 Å². The average Bonchev–Trinajstić information content (AvgIpc) is 2.73. The number of hydrogen-bond donors (Lipinski definition) is 0. The van der Waals surface area contributed by atoms with E-state index in [0.717, 1.165) is 19.3 Å². The van der Waals surface area contributed by atoms with E-state index in [2.05, 4.69) is 0 Å². The van der Waals surface area contributed by atoms with Crippen LogP contribution in [0.1, 0.15) is 61.3 Å². The van der Waals surface area contributed by atoms with Gasteiger partial charge in [-0.3, -0.25) is 0 Å². The molecule has 29 heavy (non-hydrogen) atoms. The Hall–Kier alpha value is -2.05. The van der Waals surface area contributed by atoms with Crippen LogP contribution >= 0.6 is 0 Å². The lowest BCUT2D eigenvalue weighted by Crippen LogP contribution is -2.31. The fourth-order valence-corrected chi connectivity index (χ4v) is 4.00. The second-order valence-corrected chi connectivity index (χ2v) is 7.72. The predicted octanol–water partition coefficient (Wildman–Crippen LogP) is 6.01. The van der Waals surface area contributed by atoms with Crippen molar-refractivity contribution in [1.29, 1.82) is 0 Å². The van der Waals surface area contributed by atoms with Crippen LogP contribution in [0, 0.1) is 17.5 Å². The molecule has 0 unspecified atom stereocenters. The average molecular weight is 406 g/mol. The largest absolute Gasteiger partial charge is 0.450 e. The molecule has 0 atom stereocenters. The van der Waals surface area contributed by atoms with Crippen molar-refractivity contribution < 1.29 is 27.4 Å². The molecule has 156 valence electrons. The first-order valence-electron chi connectivity index (χ1n) is 10.3. The summed E-state index contributed by atoms with van der Waals surface area (Å²) in [5, 5.41) is 0. The van der Waals surface area contributed by atoms with E-state index in [1.165, 1.54) is 0 Å². The summed E-state index contributed by atoms with van der Waals surface area (Å²) in [6, 6.07) is 5.14. The Balaban J connectivity index is 1.63. The third-order valence-electron chi connectivity index (χ3n) is 5.56. The highest BCUT2D eigenvalue weighted by Gasteiger charge is 2.32. The van der Waals surface area contributed by atoms with Gasteiger partial charge in [-0.05, 0) is 30.0 Å². The van der Waals surface area contributed by atoms with Crippen LogP contribution in [0.25, 0.3) is 0 Å². The Kier molecular flexibility index (Phi) is 5.83. The number of ether oxygens (including phenoxy) is 3. The van der Waals surface area contributed by atoms with Crippen LogP contribution in [0.3, 0.4) is 0 Å². The first-order valence-corrected chi connectivity index (χ1v) is 10.3. The van der Waals surface area contributed by atoms with Gasteiger partial charge in [0, 0.05) is 23.5 Å². The first-order chi connectivity index (χ1) is 14.0. The van der Waals surface area contributed by atoms with Crippen LogP contribution in [0.2, 0.25) is 0 Å². The predicted molar refractivity (Wildman–Crippen MR) is 103 cm³/mol. The standard InChI is InChI=1S/C23H25F3O3/c1-3-5-13-7-8-14-9-15-10-17(16-11-27-18(6-4-2)28-12-16)20(25)21(26)23(15)29-22(14)19(13)24/h7-8,10,16,18H,3-6,9,11-12H2,1-2H3. The monoisotopic (exact) mass is 406 g/mol. The molecular formula is C23H25F3O3. The highest BCUT2D eigenvalue weighted by molar-refractivity contribution is 5.54. The summed E-state index contributed by atoms with van der Waals surface area (Å²) in [5.74, 6) is -3.18. The number of hydrogen-bond acceptors (Lipinski definition) is 3. The molecule has 0 aliphatic carbocycles. The molecule has 0 saturated carbocycles. The molecule has 0 radical (unpaired) electrons. The number of benzene rings is 2. The summed E-state index contributed by atoms with van der Waals surface area (Å²) >= 11 is 0. The fraction of sp³-hybridized carbons (Fsp3) is 0.478. The van der Waals surface area contributed by atoms with Gasteiger partial charge in [-0.1, -0.05) is 38.8 Å². The lowest BCUT2D eigenvalue weighted by molar-refractivity contribution is -0.190. The molecule has 1 fully saturated rings. The van der Waals surface area contributed by atoms with Crippen LogP contribution < -0.4 is 4.74 Å². The third kappa shape index (κ3) is 3.76. The van der Waals surface area contributed by atoms with Gasteiger partial charge < -0.3 is 14.2 Å². The SMILES string of the molecule is CCCc1ccc2c(c1F)Oc1c(cc(C3COC(CCC)OC3)c(F)c1F)C2. The van der Waals surface area contributed by atoms with Gasteiger partial charge >= 0.3 is 0 Å². The molecule has 0 aromatic heterocycles. The molecule has 6 heteroatoms. The van der Waals surface area contributed by atoms with Gasteiger partial charge in [0.15, 0.2) is 29.4 Å². The number of halogens is 3. The minimum absolute atomic E-state index is 0.00115. The Morgan fingerprint density at radius 3 is 2.31 bits per heavy atom. The zero-order valence-electron chi connectivity index (χ0n) is 16.7. The van der Waals surface area contributed by atoms with Crippen molar-refractivity contribution in [3.63, 3.8) is 0 Å². The van der Waals surface area contributed by atoms with Gasteiger partial charge in [0.2, 0.25) is 5.82 Å². The Morgan fingerprint density at radius 2 is 1.62 bits per heavy atom. The molecule has 2 aromatic rings. The van der Waals surface area contributed by atoms with Crippen LogP contribution in [-0.4, -0.2) is 19.5 Å². The maximum Gasteiger partial charge on any atom is 0.201 e. The minimum atomic E-state index is -1.08. The van der Waals surface area contributed by atoms with E-state index in [4.69, 9.17) is 14.2 Å². The number of aryl methyl sites for hydroxylation is 1. The van der Waals surface area contributed by atoms with Crippen molar-refractivity contribution in [3.8, 4) is 11.5 Å². The zero-order valence-corrected chi connectivity index (χ0v) is 16.7. The summed E-state index contributed by atoms with van der Waals surface area (Å²) in [6.45, 7) is 4.52. The van der Waals surface area contributed by atoms with Crippen LogP contribution in [0.15, 0.2) is 18.2 Å². The quantitative estimate of drug-likeness (QED) is 0.519. The van der Waals surface area contributed by atoms with E-state index in [0.29, 0.717) is 23.1 Å². The maximum absolute atomic E-state index is 14.9. The first kappa shape index (κ1) is 20.2. The molecule has 2 aromatic carbocycles. The van der Waals surface area contributed by atoms with Gasteiger partial charge in [0.05, 0.1) is 13.2 Å². The Bertz CT molecular complexity index is 905. The van der Waals surface area contributed by atoms with E-state index in [1.807, 2.05) is 13.8 Å². The number of fused-ring (bicyclic) bond motifs is 2. The maximum atomic E-state index is 14.9. The second kappa shape index (κ2) is 8.36. The molecule has 2 heterocycles. The summed E-state index contributed by atoms with van der Waals surface area (Å²) in [4.78, 5) is 0. The van der Waals surface area contributed by atoms with Crippen LogP contribution in [-0.2, 0) is 22.3 Å². The van der Waals surface area contributed by atoms with Crippen molar-refractivity contribution in [3.05, 3.63) is 57.9 Å².